The van der Waals surface area contributed by atoms with Crippen LogP contribution in [0.1, 0.15) is 0 Å². The number of para-hydroxylation sites is 8. The van der Waals surface area contributed by atoms with Crippen molar-refractivity contribution in [2.75, 3.05) is 0 Å². The van der Waals surface area contributed by atoms with Gasteiger partial charge in [0.05, 0.1) is 55.5 Å². The summed E-state index contributed by atoms with van der Waals surface area (Å²) in [6.07, 6.45) is 0. The van der Waals surface area contributed by atoms with Crippen molar-refractivity contribution in [2.45, 2.75) is 0 Å². The molecule has 4 heteroatoms. The molecule has 0 spiro atoms. The summed E-state index contributed by atoms with van der Waals surface area (Å²) in [6.45, 7) is 0. The summed E-state index contributed by atoms with van der Waals surface area (Å²) >= 11 is 0. The van der Waals surface area contributed by atoms with Gasteiger partial charge < -0.3 is 18.3 Å². The molecule has 0 unspecified atom stereocenters. The molecule has 64 heavy (non-hydrogen) atoms. The number of aromatic nitrogens is 4. The van der Waals surface area contributed by atoms with Gasteiger partial charge in [-0.3, -0.25) is 0 Å². The normalized spacial score (nSPS) is 12.1. The van der Waals surface area contributed by atoms with Crippen LogP contribution in [0.4, 0.5) is 0 Å². The van der Waals surface area contributed by atoms with Crippen LogP contribution in [0.3, 0.4) is 0 Å². The Labute approximate surface area is 368 Å². The van der Waals surface area contributed by atoms with Gasteiger partial charge >= 0.3 is 0 Å². The average molecular weight is 815 g/mol. The smallest absolute Gasteiger partial charge is 0.0549 e. The Morgan fingerprint density at radius 3 is 1.02 bits per heavy atom. The number of nitrogens with zero attached hydrogens (tertiary/aromatic N) is 4. The summed E-state index contributed by atoms with van der Waals surface area (Å²) in [4.78, 5) is 0. The van der Waals surface area contributed by atoms with E-state index in [-0.39, 0.29) is 0 Å². The molecule has 4 nitrogen and oxygen atoms in total. The van der Waals surface area contributed by atoms with Gasteiger partial charge in [-0.25, -0.2) is 0 Å². The minimum absolute atomic E-state index is 1.14. The monoisotopic (exact) mass is 814 g/mol. The van der Waals surface area contributed by atoms with Gasteiger partial charge in [-0.15, -0.1) is 0 Å². The van der Waals surface area contributed by atoms with E-state index in [1.165, 1.54) is 98.4 Å². The lowest BCUT2D eigenvalue weighted by atomic mass is 10.0. The van der Waals surface area contributed by atoms with Gasteiger partial charge in [-0.1, -0.05) is 146 Å². The third-order valence-electron chi connectivity index (χ3n) is 13.6. The van der Waals surface area contributed by atoms with E-state index in [1.54, 1.807) is 0 Å². The van der Waals surface area contributed by atoms with Crippen molar-refractivity contribution in [3.8, 4) is 33.9 Å². The second kappa shape index (κ2) is 13.4. The van der Waals surface area contributed by atoms with E-state index in [2.05, 4.69) is 249 Å². The largest absolute Gasteiger partial charge is 0.309 e. The number of rotatable bonds is 5. The molecule has 0 aliphatic carbocycles. The maximum atomic E-state index is 2.49. The van der Waals surface area contributed by atoms with Crippen molar-refractivity contribution in [3.05, 3.63) is 231 Å². The Hall–Kier alpha value is -8.60. The molecule has 4 heterocycles. The van der Waals surface area contributed by atoms with Gasteiger partial charge in [0.25, 0.3) is 0 Å². The summed E-state index contributed by atoms with van der Waals surface area (Å²) in [5, 5.41) is 9.91. The van der Waals surface area contributed by atoms with Crippen LogP contribution in [-0.4, -0.2) is 18.3 Å². The predicted octanol–water partition coefficient (Wildman–Crippen LogP) is 15.7. The Morgan fingerprint density at radius 2 is 0.516 bits per heavy atom. The van der Waals surface area contributed by atoms with Gasteiger partial charge in [0.15, 0.2) is 0 Å². The van der Waals surface area contributed by atoms with E-state index in [0.29, 0.717) is 0 Å². The fourth-order valence-corrected chi connectivity index (χ4v) is 10.9. The Kier molecular flexibility index (Phi) is 7.36. The molecule has 14 rings (SSSR count). The van der Waals surface area contributed by atoms with Gasteiger partial charge in [0, 0.05) is 65.6 Å². The van der Waals surface area contributed by atoms with Crippen LogP contribution in [0.15, 0.2) is 231 Å². The molecule has 0 fully saturated rings. The van der Waals surface area contributed by atoms with Crippen LogP contribution >= 0.6 is 0 Å². The summed E-state index contributed by atoms with van der Waals surface area (Å²) in [7, 11) is 0. The molecule has 0 aliphatic heterocycles. The SMILES string of the molecule is c1ccc(-n2c3ccccc3c3cc4c(cc32)c2ccccc2n4-c2ccccc2-c2ccccc2-n2c3ccccc3c3cc(-n4c5ccccc5c5ccccc54)ccc32)cc1. The van der Waals surface area contributed by atoms with E-state index in [0.717, 1.165) is 22.7 Å². The van der Waals surface area contributed by atoms with E-state index in [4.69, 9.17) is 0 Å². The molecule has 4 aromatic heterocycles. The van der Waals surface area contributed by atoms with Gasteiger partial charge in [0.1, 0.15) is 0 Å². The first-order valence-corrected chi connectivity index (χ1v) is 22.0. The molecule has 0 saturated carbocycles. The van der Waals surface area contributed by atoms with Crippen molar-refractivity contribution in [1.29, 1.82) is 0 Å². The van der Waals surface area contributed by atoms with Crippen molar-refractivity contribution < 1.29 is 0 Å². The third kappa shape index (κ3) is 4.88. The highest BCUT2D eigenvalue weighted by Gasteiger charge is 2.23. The number of hydrogen-bond donors (Lipinski definition) is 0. The van der Waals surface area contributed by atoms with E-state index >= 15 is 0 Å². The van der Waals surface area contributed by atoms with Crippen molar-refractivity contribution in [2.24, 2.45) is 0 Å². The van der Waals surface area contributed by atoms with Gasteiger partial charge in [0.2, 0.25) is 0 Å². The van der Waals surface area contributed by atoms with Crippen LogP contribution in [0.5, 0.6) is 0 Å². The Bertz CT molecular complexity index is 4140. The molecule has 0 aliphatic rings. The van der Waals surface area contributed by atoms with Crippen molar-refractivity contribution in [1.82, 2.24) is 18.3 Å². The fourth-order valence-electron chi connectivity index (χ4n) is 10.9. The molecule has 0 radical (unpaired) electrons. The van der Waals surface area contributed by atoms with E-state index < -0.39 is 0 Å². The van der Waals surface area contributed by atoms with E-state index in [1.807, 2.05) is 0 Å². The first-order valence-electron chi connectivity index (χ1n) is 22.0. The molecule has 298 valence electrons. The van der Waals surface area contributed by atoms with Crippen molar-refractivity contribution >= 4 is 87.2 Å². The molecule has 0 N–H and O–H groups in total. The van der Waals surface area contributed by atoms with Crippen LogP contribution in [-0.2, 0) is 0 Å². The molecule has 0 saturated heterocycles. The minimum Gasteiger partial charge on any atom is -0.309 e. The third-order valence-corrected chi connectivity index (χ3v) is 13.6. The fraction of sp³-hybridized carbons (Fsp3) is 0. The molecular weight excluding hydrogens is 777 g/mol. The number of fused-ring (bicyclic) bond motifs is 12. The van der Waals surface area contributed by atoms with Crippen LogP contribution < -0.4 is 0 Å². The number of hydrogen-bond acceptors (Lipinski definition) is 0. The zero-order chi connectivity index (χ0) is 41.9. The van der Waals surface area contributed by atoms with Crippen LogP contribution in [0.25, 0.3) is 121 Å². The van der Waals surface area contributed by atoms with Crippen LogP contribution in [0.2, 0.25) is 0 Å². The average Bonchev–Trinajstić information content (AvgIpc) is 4.08. The second-order valence-electron chi connectivity index (χ2n) is 16.9. The molecule has 14 aromatic rings. The summed E-state index contributed by atoms with van der Waals surface area (Å²) < 4.78 is 9.80. The summed E-state index contributed by atoms with van der Waals surface area (Å²) in [5.41, 5.74) is 16.5. The Morgan fingerprint density at radius 1 is 0.188 bits per heavy atom. The predicted molar refractivity (Wildman–Crippen MR) is 269 cm³/mol. The molecular formula is C60H38N4. The highest BCUT2D eigenvalue weighted by atomic mass is 15.0. The van der Waals surface area contributed by atoms with Gasteiger partial charge in [-0.05, 0) is 84.9 Å². The first-order chi connectivity index (χ1) is 31.8. The minimum atomic E-state index is 1.14. The van der Waals surface area contributed by atoms with Crippen LogP contribution in [0, 0.1) is 0 Å². The lowest BCUT2D eigenvalue weighted by Crippen LogP contribution is -2.01. The first kappa shape index (κ1) is 35.0. The Balaban J connectivity index is 1.01. The standard InChI is InChI=1S/C60H38N4/c1-2-18-39(19-3-1)61-53-29-13-8-25-46(53)49-38-60-50(37-59(49)61)47-26-10-17-33-57(47)64(60)55-31-15-7-23-44(55)43-22-6-14-30-54(43)63-56-32-16-9-24-45(56)48-36-40(34-35-58(48)63)62-51-27-11-4-20-41(51)42-21-5-12-28-52(42)62/h1-38H. The molecule has 0 amide bonds. The molecule has 10 aromatic carbocycles. The van der Waals surface area contributed by atoms with Crippen molar-refractivity contribution in [3.63, 3.8) is 0 Å². The topological polar surface area (TPSA) is 19.7 Å². The number of benzene rings is 10. The molecule has 0 bridgehead atoms. The summed E-state index contributed by atoms with van der Waals surface area (Å²) in [6, 6.07) is 84.5. The highest BCUT2D eigenvalue weighted by molar-refractivity contribution is 6.19. The lowest BCUT2D eigenvalue weighted by molar-refractivity contribution is 1.15. The van der Waals surface area contributed by atoms with Gasteiger partial charge in [-0.2, -0.15) is 0 Å². The summed E-state index contributed by atoms with van der Waals surface area (Å²) in [5.74, 6) is 0. The quantitative estimate of drug-likeness (QED) is 0.165. The second-order valence-corrected chi connectivity index (χ2v) is 16.9. The maximum absolute atomic E-state index is 2.49. The highest BCUT2D eigenvalue weighted by Crippen LogP contribution is 2.44. The maximum Gasteiger partial charge on any atom is 0.0549 e. The molecule has 0 atom stereocenters. The zero-order valence-electron chi connectivity index (χ0n) is 34.7. The van der Waals surface area contributed by atoms with E-state index in [9.17, 15) is 0 Å². The zero-order valence-corrected chi connectivity index (χ0v) is 34.7. The lowest BCUT2D eigenvalue weighted by Gasteiger charge is -2.18.